The first-order chi connectivity index (χ1) is 9.35. The topological polar surface area (TPSA) is 11.3 Å². The zero-order chi connectivity index (χ0) is 13.2. The fourth-order valence-corrected chi connectivity index (χ4v) is 2.46. The fraction of sp³-hybridized carbons (Fsp3) is 0.0556. The third-order valence-electron chi connectivity index (χ3n) is 3.35. The predicted molar refractivity (Wildman–Crippen MR) is 82.0 cm³/mol. The molecule has 0 unspecified atom stereocenters. The highest BCUT2D eigenvalue weighted by molar-refractivity contribution is 6.05. The summed E-state index contributed by atoms with van der Waals surface area (Å²) in [5.74, 6) is 0. The van der Waals surface area contributed by atoms with Gasteiger partial charge in [-0.05, 0) is 24.6 Å². The smallest absolute Gasteiger partial charge is 0.207 e. The molecule has 0 spiro atoms. The molecule has 92 valence electrons. The van der Waals surface area contributed by atoms with Crippen LogP contribution >= 0.6 is 0 Å². The standard InChI is InChI=1S/C18H15O/c1-3-13(4-2)18-14-9-5-7-11-16(14)19-17-12-8-6-10-15(17)18/h3-12H,1H2,2H3/q+1. The van der Waals surface area contributed by atoms with E-state index in [1.807, 2.05) is 49.4 Å². The van der Waals surface area contributed by atoms with Gasteiger partial charge in [0.25, 0.3) is 0 Å². The average Bonchev–Trinajstić information content (AvgIpc) is 2.47. The van der Waals surface area contributed by atoms with Gasteiger partial charge in [-0.2, -0.15) is 0 Å². The molecule has 3 aromatic rings. The summed E-state index contributed by atoms with van der Waals surface area (Å²) in [5.41, 5.74) is 4.12. The molecule has 0 aliphatic rings. The van der Waals surface area contributed by atoms with Gasteiger partial charge in [0.1, 0.15) is 0 Å². The molecule has 0 aliphatic carbocycles. The summed E-state index contributed by atoms with van der Waals surface area (Å²) in [5, 5.41) is 2.24. The molecule has 19 heavy (non-hydrogen) atoms. The Bertz CT molecular complexity index is 743. The van der Waals surface area contributed by atoms with Crippen molar-refractivity contribution in [3.05, 3.63) is 72.8 Å². The molecule has 0 fully saturated rings. The van der Waals surface area contributed by atoms with Crippen LogP contribution in [0.1, 0.15) is 12.5 Å². The van der Waals surface area contributed by atoms with Crippen LogP contribution in [0, 0.1) is 0 Å². The lowest BCUT2D eigenvalue weighted by molar-refractivity contribution is 0.660. The van der Waals surface area contributed by atoms with Crippen molar-refractivity contribution in [1.82, 2.24) is 0 Å². The van der Waals surface area contributed by atoms with E-state index in [4.69, 9.17) is 4.42 Å². The maximum Gasteiger partial charge on any atom is 0.361 e. The summed E-state index contributed by atoms with van der Waals surface area (Å²) in [4.78, 5) is 0. The third-order valence-corrected chi connectivity index (χ3v) is 3.35. The summed E-state index contributed by atoms with van der Waals surface area (Å²) in [7, 11) is 0. The van der Waals surface area contributed by atoms with Gasteiger partial charge in [0, 0.05) is 17.7 Å². The number of hydrogen-bond acceptors (Lipinski definition) is 0. The van der Waals surface area contributed by atoms with E-state index >= 15 is 0 Å². The molecular weight excluding hydrogens is 232 g/mol. The van der Waals surface area contributed by atoms with Crippen molar-refractivity contribution in [1.29, 1.82) is 0 Å². The average molecular weight is 247 g/mol. The van der Waals surface area contributed by atoms with Crippen molar-refractivity contribution in [2.24, 2.45) is 0 Å². The summed E-state index contributed by atoms with van der Waals surface area (Å²) in [6.07, 6.45) is 3.98. The van der Waals surface area contributed by atoms with E-state index in [-0.39, 0.29) is 0 Å². The monoisotopic (exact) mass is 247 g/mol. The zero-order valence-electron chi connectivity index (χ0n) is 10.9. The van der Waals surface area contributed by atoms with Crippen LogP contribution in [-0.2, 0) is 0 Å². The molecule has 1 aromatic heterocycles. The van der Waals surface area contributed by atoms with Gasteiger partial charge in [-0.15, -0.1) is 0 Å². The van der Waals surface area contributed by atoms with Crippen molar-refractivity contribution >= 4 is 27.5 Å². The molecule has 1 heterocycles. The Balaban J connectivity index is 2.57. The number of allylic oxidation sites excluding steroid dienone is 3. The van der Waals surface area contributed by atoms with Gasteiger partial charge in [0.15, 0.2) is 0 Å². The predicted octanol–water partition coefficient (Wildman–Crippen LogP) is 5.46. The lowest BCUT2D eigenvalue weighted by Crippen LogP contribution is -1.87. The first kappa shape index (κ1) is 11.7. The van der Waals surface area contributed by atoms with E-state index < -0.39 is 0 Å². The molecule has 2 aromatic carbocycles. The summed E-state index contributed by atoms with van der Waals surface area (Å²) in [6, 6.07) is 16.2. The van der Waals surface area contributed by atoms with Gasteiger partial charge in [-0.1, -0.05) is 43.0 Å². The highest BCUT2D eigenvalue weighted by Crippen LogP contribution is 2.33. The van der Waals surface area contributed by atoms with Gasteiger partial charge >= 0.3 is 11.2 Å². The molecule has 0 aliphatic heterocycles. The second-order valence-corrected chi connectivity index (χ2v) is 4.42. The van der Waals surface area contributed by atoms with E-state index in [2.05, 4.69) is 24.8 Å². The van der Waals surface area contributed by atoms with Crippen LogP contribution in [0.2, 0.25) is 0 Å². The van der Waals surface area contributed by atoms with Crippen LogP contribution in [-0.4, -0.2) is 0 Å². The molecule has 1 heteroatoms. The summed E-state index contributed by atoms with van der Waals surface area (Å²) >= 11 is 0. The number of fused-ring (bicyclic) bond motifs is 2. The van der Waals surface area contributed by atoms with E-state index in [1.54, 1.807) is 0 Å². The molecule has 3 rings (SSSR count). The lowest BCUT2D eigenvalue weighted by Gasteiger charge is -2.05. The van der Waals surface area contributed by atoms with Crippen LogP contribution in [0.3, 0.4) is 0 Å². The van der Waals surface area contributed by atoms with Gasteiger partial charge in [0.2, 0.25) is 0 Å². The lowest BCUT2D eigenvalue weighted by atomic mass is 9.97. The van der Waals surface area contributed by atoms with E-state index in [0.29, 0.717) is 0 Å². The molecule has 0 saturated carbocycles. The Hall–Kier alpha value is -2.41. The zero-order valence-corrected chi connectivity index (χ0v) is 10.9. The molecule has 0 N–H and O–H groups in total. The second kappa shape index (κ2) is 4.69. The van der Waals surface area contributed by atoms with E-state index in [1.165, 1.54) is 5.56 Å². The number of hydrogen-bond donors (Lipinski definition) is 0. The Labute approximate surface area is 112 Å². The maximum atomic E-state index is 5.96. The summed E-state index contributed by atoms with van der Waals surface area (Å²) < 4.78 is 5.96. The fourth-order valence-electron chi connectivity index (χ4n) is 2.46. The van der Waals surface area contributed by atoms with Crippen molar-refractivity contribution in [3.8, 4) is 0 Å². The third kappa shape index (κ3) is 1.84. The largest absolute Gasteiger partial charge is 0.361 e. The Kier molecular flexibility index (Phi) is 2.88. The minimum absolute atomic E-state index is 0.900. The minimum atomic E-state index is 0.900. The van der Waals surface area contributed by atoms with Gasteiger partial charge < -0.3 is 0 Å². The van der Waals surface area contributed by atoms with E-state index in [0.717, 1.165) is 27.5 Å². The Morgan fingerprint density at radius 2 is 1.47 bits per heavy atom. The molecule has 0 amide bonds. The minimum Gasteiger partial charge on any atom is -0.207 e. The van der Waals surface area contributed by atoms with Gasteiger partial charge in [0.05, 0.1) is 10.8 Å². The molecule has 0 bridgehead atoms. The molecule has 0 saturated heterocycles. The normalized spacial score (nSPS) is 11.9. The van der Waals surface area contributed by atoms with Crippen molar-refractivity contribution in [2.75, 3.05) is 0 Å². The Morgan fingerprint density at radius 3 is 1.95 bits per heavy atom. The van der Waals surface area contributed by atoms with Crippen LogP contribution in [0.4, 0.5) is 0 Å². The molecular formula is C18H15O+. The van der Waals surface area contributed by atoms with Crippen LogP contribution < -0.4 is 0 Å². The van der Waals surface area contributed by atoms with Crippen molar-refractivity contribution in [2.45, 2.75) is 6.92 Å². The van der Waals surface area contributed by atoms with E-state index in [9.17, 15) is 0 Å². The molecule has 1 nitrogen and oxygen atoms in total. The van der Waals surface area contributed by atoms with Crippen LogP contribution in [0.15, 0.2) is 71.7 Å². The first-order valence-electron chi connectivity index (χ1n) is 6.38. The molecule has 0 radical (unpaired) electrons. The number of benzene rings is 2. The Morgan fingerprint density at radius 1 is 0.947 bits per heavy atom. The number of para-hydroxylation sites is 2. The van der Waals surface area contributed by atoms with Crippen molar-refractivity contribution < 1.29 is 4.42 Å². The highest BCUT2D eigenvalue weighted by atomic mass is 16.3. The van der Waals surface area contributed by atoms with Gasteiger partial charge in [-0.25, -0.2) is 4.42 Å². The van der Waals surface area contributed by atoms with Gasteiger partial charge in [-0.3, -0.25) is 0 Å². The van der Waals surface area contributed by atoms with Crippen LogP contribution in [0.25, 0.3) is 27.5 Å². The second-order valence-electron chi connectivity index (χ2n) is 4.42. The SMILES string of the molecule is C=CC(=CC)c1c2ccccc2[o+]c2ccccc12. The first-order valence-corrected chi connectivity index (χ1v) is 6.38. The maximum absolute atomic E-state index is 5.96. The number of rotatable bonds is 2. The van der Waals surface area contributed by atoms with Crippen LogP contribution in [0.5, 0.6) is 0 Å². The molecule has 0 atom stereocenters. The quantitative estimate of drug-likeness (QED) is 0.332. The van der Waals surface area contributed by atoms with Crippen molar-refractivity contribution in [3.63, 3.8) is 0 Å². The summed E-state index contributed by atoms with van der Waals surface area (Å²) in [6.45, 7) is 5.96. The highest BCUT2D eigenvalue weighted by Gasteiger charge is 2.18.